The predicted octanol–water partition coefficient (Wildman–Crippen LogP) is 3.77. The number of benzene rings is 2. The quantitative estimate of drug-likeness (QED) is 0.726. The van der Waals surface area contributed by atoms with E-state index in [0.717, 1.165) is 22.3 Å². The molecule has 24 heavy (non-hydrogen) atoms. The van der Waals surface area contributed by atoms with Gasteiger partial charge in [0.25, 0.3) is 0 Å². The van der Waals surface area contributed by atoms with E-state index in [1.807, 2.05) is 67.6 Å². The highest BCUT2D eigenvalue weighted by molar-refractivity contribution is 5.79. The van der Waals surface area contributed by atoms with Crippen LogP contribution < -0.4 is 11.1 Å². The molecule has 3 rings (SSSR count). The van der Waals surface area contributed by atoms with Crippen LogP contribution >= 0.6 is 0 Å². The van der Waals surface area contributed by atoms with Gasteiger partial charge < -0.3 is 15.5 Å². The van der Waals surface area contributed by atoms with E-state index in [1.165, 1.54) is 0 Å². The number of para-hydroxylation sites is 1. The summed E-state index contributed by atoms with van der Waals surface area (Å²) in [5.41, 5.74) is 7.56. The first kappa shape index (κ1) is 16.3. The number of furan rings is 1. The maximum atomic E-state index is 12.3. The molecule has 1 heterocycles. The van der Waals surface area contributed by atoms with E-state index in [4.69, 9.17) is 10.2 Å². The van der Waals surface area contributed by atoms with Gasteiger partial charge >= 0.3 is 0 Å². The van der Waals surface area contributed by atoms with E-state index in [0.29, 0.717) is 12.8 Å². The lowest BCUT2D eigenvalue weighted by atomic mass is 10.0. The molecule has 0 aliphatic rings. The molecule has 4 nitrogen and oxygen atoms in total. The van der Waals surface area contributed by atoms with E-state index >= 15 is 0 Å². The molecule has 0 radical (unpaired) electrons. The van der Waals surface area contributed by atoms with Crippen molar-refractivity contribution < 1.29 is 9.21 Å². The highest BCUT2D eigenvalue weighted by Crippen LogP contribution is 2.28. The second-order valence-corrected chi connectivity index (χ2v) is 6.11. The molecule has 0 spiro atoms. The van der Waals surface area contributed by atoms with Crippen molar-refractivity contribution in [1.29, 1.82) is 0 Å². The van der Waals surface area contributed by atoms with Crippen LogP contribution in [0.2, 0.25) is 0 Å². The monoisotopic (exact) mass is 322 g/mol. The van der Waals surface area contributed by atoms with E-state index in [9.17, 15) is 4.79 Å². The van der Waals surface area contributed by atoms with Crippen LogP contribution in [-0.2, 0) is 4.79 Å². The van der Waals surface area contributed by atoms with Gasteiger partial charge in [0, 0.05) is 17.8 Å². The average molecular weight is 322 g/mol. The molecule has 0 aliphatic carbocycles. The number of carbonyl (C=O) groups excluding carboxylic acids is 1. The topological polar surface area (TPSA) is 68.3 Å². The summed E-state index contributed by atoms with van der Waals surface area (Å²) in [7, 11) is 0. The molecule has 0 bridgehead atoms. The molecule has 0 saturated carbocycles. The number of nitrogens with two attached hydrogens (primary N) is 1. The zero-order valence-electron chi connectivity index (χ0n) is 13.7. The molecule has 2 unspecified atom stereocenters. The summed E-state index contributed by atoms with van der Waals surface area (Å²) in [5, 5.41) is 4.10. The summed E-state index contributed by atoms with van der Waals surface area (Å²) < 4.78 is 5.97. The van der Waals surface area contributed by atoms with Crippen LogP contribution in [0, 0.1) is 0 Å². The first-order valence-electron chi connectivity index (χ1n) is 8.22. The fourth-order valence-corrected chi connectivity index (χ4v) is 2.70. The van der Waals surface area contributed by atoms with Gasteiger partial charge in [-0.3, -0.25) is 4.79 Å². The molecule has 0 aliphatic heterocycles. The Morgan fingerprint density at radius 3 is 2.54 bits per heavy atom. The van der Waals surface area contributed by atoms with Crippen molar-refractivity contribution in [3.63, 3.8) is 0 Å². The zero-order valence-corrected chi connectivity index (χ0v) is 13.7. The molecule has 1 aromatic heterocycles. The summed E-state index contributed by atoms with van der Waals surface area (Å²) in [6.07, 6.45) is 1.06. The summed E-state index contributed by atoms with van der Waals surface area (Å²) in [4.78, 5) is 12.3. The predicted molar refractivity (Wildman–Crippen MR) is 95.5 cm³/mol. The number of carbonyl (C=O) groups is 1. The number of hydrogen-bond donors (Lipinski definition) is 2. The highest BCUT2D eigenvalue weighted by Gasteiger charge is 2.20. The maximum Gasteiger partial charge on any atom is 0.220 e. The molecule has 3 aromatic rings. The van der Waals surface area contributed by atoms with Crippen molar-refractivity contribution >= 4 is 16.9 Å². The minimum absolute atomic E-state index is 0.0112. The lowest BCUT2D eigenvalue weighted by Gasteiger charge is -2.17. The normalized spacial score (nSPS) is 13.6. The maximum absolute atomic E-state index is 12.3. The molecule has 124 valence electrons. The number of hydrogen-bond acceptors (Lipinski definition) is 3. The Bertz CT molecular complexity index is 776. The summed E-state index contributed by atoms with van der Waals surface area (Å²) in [6.45, 7) is 1.90. The lowest BCUT2D eigenvalue weighted by molar-refractivity contribution is -0.121. The number of rotatable bonds is 6. The van der Waals surface area contributed by atoms with E-state index in [1.54, 1.807) is 0 Å². The van der Waals surface area contributed by atoms with Crippen LogP contribution in [0.15, 0.2) is 65.1 Å². The van der Waals surface area contributed by atoms with Crippen LogP contribution in [-0.4, -0.2) is 11.9 Å². The van der Waals surface area contributed by atoms with E-state index in [2.05, 4.69) is 5.32 Å². The molecule has 4 heteroatoms. The van der Waals surface area contributed by atoms with Gasteiger partial charge in [-0.15, -0.1) is 0 Å². The van der Waals surface area contributed by atoms with Crippen LogP contribution in [0.4, 0.5) is 0 Å². The van der Waals surface area contributed by atoms with Crippen molar-refractivity contribution in [3.05, 3.63) is 72.0 Å². The van der Waals surface area contributed by atoms with Crippen LogP contribution in [0.5, 0.6) is 0 Å². The van der Waals surface area contributed by atoms with Crippen molar-refractivity contribution in [3.8, 4) is 0 Å². The average Bonchev–Trinajstić information content (AvgIpc) is 3.02. The Labute approximate surface area is 141 Å². The van der Waals surface area contributed by atoms with Gasteiger partial charge in [-0.05, 0) is 31.0 Å². The summed E-state index contributed by atoms with van der Waals surface area (Å²) in [5.74, 6) is 0.707. The zero-order chi connectivity index (χ0) is 16.9. The van der Waals surface area contributed by atoms with Crippen molar-refractivity contribution in [2.45, 2.75) is 31.8 Å². The summed E-state index contributed by atoms with van der Waals surface area (Å²) in [6, 6.07) is 19.4. The van der Waals surface area contributed by atoms with Gasteiger partial charge in [-0.2, -0.15) is 0 Å². The second kappa shape index (κ2) is 7.32. The Hall–Kier alpha value is -2.59. The molecular weight excluding hydrogens is 300 g/mol. The summed E-state index contributed by atoms with van der Waals surface area (Å²) >= 11 is 0. The third kappa shape index (κ3) is 3.84. The molecule has 3 N–H and O–H groups in total. The highest BCUT2D eigenvalue weighted by atomic mass is 16.3. The largest absolute Gasteiger partial charge is 0.459 e. The molecule has 2 aromatic carbocycles. The molecule has 0 saturated heterocycles. The van der Waals surface area contributed by atoms with Gasteiger partial charge in [0.2, 0.25) is 5.91 Å². The third-order valence-corrected chi connectivity index (χ3v) is 3.99. The Balaban J connectivity index is 1.89. The van der Waals surface area contributed by atoms with Gasteiger partial charge in [0.15, 0.2) is 0 Å². The first-order valence-corrected chi connectivity index (χ1v) is 8.22. The molecule has 2 atom stereocenters. The third-order valence-electron chi connectivity index (χ3n) is 3.99. The fourth-order valence-electron chi connectivity index (χ4n) is 2.70. The van der Waals surface area contributed by atoms with Gasteiger partial charge in [0.05, 0.1) is 0 Å². The minimum Gasteiger partial charge on any atom is -0.459 e. The van der Waals surface area contributed by atoms with Gasteiger partial charge in [-0.25, -0.2) is 0 Å². The second-order valence-electron chi connectivity index (χ2n) is 6.11. The number of amides is 1. The van der Waals surface area contributed by atoms with E-state index in [-0.39, 0.29) is 18.0 Å². The van der Waals surface area contributed by atoms with E-state index < -0.39 is 0 Å². The van der Waals surface area contributed by atoms with Gasteiger partial charge in [0.1, 0.15) is 17.4 Å². The number of fused-ring (bicyclic) bond motifs is 1. The lowest BCUT2D eigenvalue weighted by Crippen LogP contribution is -2.30. The van der Waals surface area contributed by atoms with Crippen molar-refractivity contribution in [2.75, 3.05) is 0 Å². The van der Waals surface area contributed by atoms with Gasteiger partial charge in [-0.1, -0.05) is 48.5 Å². The van der Waals surface area contributed by atoms with Crippen LogP contribution in [0.3, 0.4) is 0 Å². The fraction of sp³-hybridized carbons (Fsp3) is 0.250. The van der Waals surface area contributed by atoms with Crippen LogP contribution in [0.25, 0.3) is 11.0 Å². The first-order chi connectivity index (χ1) is 11.6. The Morgan fingerprint density at radius 2 is 1.83 bits per heavy atom. The Morgan fingerprint density at radius 1 is 1.12 bits per heavy atom. The molecule has 0 fully saturated rings. The van der Waals surface area contributed by atoms with Crippen LogP contribution in [0.1, 0.15) is 37.1 Å². The Kier molecular flexibility index (Phi) is 4.96. The number of nitrogens with one attached hydrogen (secondary N) is 1. The molecular formula is C20H22N2O2. The van der Waals surface area contributed by atoms with Crippen molar-refractivity contribution in [2.24, 2.45) is 5.73 Å². The SMILES string of the molecule is CC(N)CCC(=O)NC(c1ccccc1)c1cc2ccccc2o1. The standard InChI is InChI=1S/C20H22N2O2/c1-14(21)11-12-19(23)22-20(15-7-3-2-4-8-15)18-13-16-9-5-6-10-17(16)24-18/h2-10,13-14,20H,11-12,21H2,1H3,(H,22,23). The molecule has 1 amide bonds. The minimum atomic E-state index is -0.306. The van der Waals surface area contributed by atoms with Crippen molar-refractivity contribution in [1.82, 2.24) is 5.32 Å². The smallest absolute Gasteiger partial charge is 0.220 e.